The van der Waals surface area contributed by atoms with E-state index in [0.29, 0.717) is 12.5 Å². The van der Waals surface area contributed by atoms with Gasteiger partial charge in [-0.05, 0) is 30.8 Å². The highest BCUT2D eigenvalue weighted by atomic mass is 32.1. The van der Waals surface area contributed by atoms with Crippen molar-refractivity contribution in [3.63, 3.8) is 0 Å². The second-order valence-electron chi connectivity index (χ2n) is 4.11. The van der Waals surface area contributed by atoms with Crippen LogP contribution in [0.3, 0.4) is 0 Å². The molecule has 0 saturated carbocycles. The molecule has 4 N–H and O–H groups in total. The normalized spacial score (nSPS) is 11.1. The fourth-order valence-corrected chi connectivity index (χ4v) is 1.59. The van der Waals surface area contributed by atoms with Crippen LogP contribution in [0.25, 0.3) is 0 Å². The van der Waals surface area contributed by atoms with E-state index in [1.54, 1.807) is 6.20 Å². The maximum absolute atomic E-state index is 5.48. The van der Waals surface area contributed by atoms with Crippen LogP contribution < -0.4 is 16.4 Å². The van der Waals surface area contributed by atoms with Crippen molar-refractivity contribution >= 4 is 23.3 Å². The minimum atomic E-state index is 0.211. The summed E-state index contributed by atoms with van der Waals surface area (Å²) in [5.74, 6) is 0.606. The molecule has 1 heterocycles. The highest BCUT2D eigenvalue weighted by molar-refractivity contribution is 7.80. The Hall–Kier alpha value is -1.69. The van der Waals surface area contributed by atoms with Gasteiger partial charge in [0.2, 0.25) is 0 Å². The van der Waals surface area contributed by atoms with E-state index in [-0.39, 0.29) is 5.11 Å². The maximum Gasteiger partial charge on any atom is 0.197 e. The summed E-state index contributed by atoms with van der Waals surface area (Å²) >= 11 is 4.83. The molecule has 6 heteroatoms. The number of nitrogens with one attached hydrogen (secondary N) is 2. The second-order valence-corrected chi connectivity index (χ2v) is 4.55. The average Bonchev–Trinajstić information content (AvgIpc) is 2.41. The minimum Gasteiger partial charge on any atom is -0.376 e. The number of aliphatic imine (C=N–C) groups is 1. The summed E-state index contributed by atoms with van der Waals surface area (Å²) in [7, 11) is 0. The summed E-state index contributed by atoms with van der Waals surface area (Å²) in [6, 6.07) is 5.75. The lowest BCUT2D eigenvalue weighted by molar-refractivity contribution is 0.689. The van der Waals surface area contributed by atoms with Gasteiger partial charge in [-0.15, -0.1) is 0 Å². The topological polar surface area (TPSA) is 75.3 Å². The van der Waals surface area contributed by atoms with E-state index >= 15 is 0 Å². The molecule has 0 aromatic carbocycles. The van der Waals surface area contributed by atoms with E-state index < -0.39 is 0 Å². The number of nitrogens with zero attached hydrogens (tertiary/aromatic N) is 2. The van der Waals surface area contributed by atoms with Gasteiger partial charge in [0.25, 0.3) is 0 Å². The van der Waals surface area contributed by atoms with Crippen LogP contribution in [0.15, 0.2) is 29.4 Å². The van der Waals surface area contributed by atoms with Gasteiger partial charge >= 0.3 is 0 Å². The highest BCUT2D eigenvalue weighted by Crippen LogP contribution is 1.95. The third-order valence-corrected chi connectivity index (χ3v) is 2.54. The van der Waals surface area contributed by atoms with E-state index in [1.165, 1.54) is 12.8 Å². The van der Waals surface area contributed by atoms with Crippen LogP contribution in [-0.4, -0.2) is 22.6 Å². The molecule has 0 spiro atoms. The molecule has 1 aromatic rings. The predicted molar refractivity (Wildman–Crippen MR) is 82.8 cm³/mol. The fourth-order valence-electron chi connectivity index (χ4n) is 1.49. The van der Waals surface area contributed by atoms with Gasteiger partial charge in [-0.2, -0.15) is 0 Å². The molecule has 0 aliphatic carbocycles. The number of aromatic nitrogens is 1. The Morgan fingerprint density at radius 3 is 2.89 bits per heavy atom. The third kappa shape index (κ3) is 7.35. The second kappa shape index (κ2) is 9.27. The van der Waals surface area contributed by atoms with Crippen molar-refractivity contribution < 1.29 is 0 Å². The van der Waals surface area contributed by atoms with Crippen molar-refractivity contribution in [2.24, 2.45) is 10.7 Å². The summed E-state index contributed by atoms with van der Waals surface area (Å²) in [6.45, 7) is 3.51. The molecule has 0 unspecified atom stereocenters. The van der Waals surface area contributed by atoms with Crippen LogP contribution in [0.2, 0.25) is 0 Å². The first kappa shape index (κ1) is 15.4. The monoisotopic (exact) mass is 279 g/mol. The molecular formula is C13H21N5S. The zero-order valence-corrected chi connectivity index (χ0v) is 12.0. The Kier molecular flexibility index (Phi) is 7.50. The molecule has 1 aromatic heterocycles. The van der Waals surface area contributed by atoms with Crippen LogP contribution in [0.5, 0.6) is 0 Å². The summed E-state index contributed by atoms with van der Waals surface area (Å²) in [4.78, 5) is 8.61. The molecule has 1 rings (SSSR count). The standard InChI is InChI=1S/C13H21N5S/c1-2-3-5-9-16-13(18-12(14)19)17-10-11-7-4-6-8-15-11/h4,6-8H,2-3,5,9-10H2,1H3,(H4,14,16,17,18,19). The van der Waals surface area contributed by atoms with Gasteiger partial charge < -0.3 is 16.4 Å². The lowest BCUT2D eigenvalue weighted by atomic mass is 10.2. The summed E-state index contributed by atoms with van der Waals surface area (Å²) in [6.07, 6.45) is 5.22. The Labute approximate surface area is 119 Å². The average molecular weight is 279 g/mol. The maximum atomic E-state index is 5.48. The summed E-state index contributed by atoms with van der Waals surface area (Å²) in [5, 5.41) is 6.26. The number of hydrogen-bond acceptors (Lipinski definition) is 3. The largest absolute Gasteiger partial charge is 0.376 e. The lowest BCUT2D eigenvalue weighted by Gasteiger charge is -2.10. The van der Waals surface area contributed by atoms with Crippen LogP contribution in [0.4, 0.5) is 0 Å². The smallest absolute Gasteiger partial charge is 0.197 e. The Morgan fingerprint density at radius 1 is 1.42 bits per heavy atom. The van der Waals surface area contributed by atoms with Gasteiger partial charge in [-0.1, -0.05) is 25.8 Å². The van der Waals surface area contributed by atoms with Gasteiger partial charge in [0.15, 0.2) is 11.1 Å². The summed E-state index contributed by atoms with van der Waals surface area (Å²) in [5.41, 5.74) is 6.38. The number of rotatable bonds is 6. The Bertz CT molecular complexity index is 405. The van der Waals surface area contributed by atoms with Gasteiger partial charge in [-0.25, -0.2) is 4.99 Å². The van der Waals surface area contributed by atoms with Gasteiger partial charge in [-0.3, -0.25) is 4.98 Å². The van der Waals surface area contributed by atoms with Crippen molar-refractivity contribution in [3.8, 4) is 0 Å². The van der Waals surface area contributed by atoms with E-state index in [0.717, 1.165) is 18.7 Å². The van der Waals surface area contributed by atoms with Crippen molar-refractivity contribution in [1.29, 1.82) is 0 Å². The SMILES string of the molecule is CCCCCNC(=NCc1ccccn1)NC(N)=S. The van der Waals surface area contributed by atoms with Crippen molar-refractivity contribution in [2.45, 2.75) is 32.7 Å². The lowest BCUT2D eigenvalue weighted by Crippen LogP contribution is -2.43. The molecule has 0 aliphatic heterocycles. The number of thiocarbonyl (C=S) groups is 1. The van der Waals surface area contributed by atoms with E-state index in [9.17, 15) is 0 Å². The van der Waals surface area contributed by atoms with Gasteiger partial charge in [0.1, 0.15) is 0 Å². The first-order valence-corrected chi connectivity index (χ1v) is 6.88. The van der Waals surface area contributed by atoms with Crippen molar-refractivity contribution in [1.82, 2.24) is 15.6 Å². The van der Waals surface area contributed by atoms with E-state index in [4.69, 9.17) is 18.0 Å². The van der Waals surface area contributed by atoms with Crippen LogP contribution in [-0.2, 0) is 6.54 Å². The zero-order chi connectivity index (χ0) is 13.9. The van der Waals surface area contributed by atoms with Crippen molar-refractivity contribution in [2.75, 3.05) is 6.54 Å². The number of hydrogen-bond donors (Lipinski definition) is 3. The molecule has 0 amide bonds. The predicted octanol–water partition coefficient (Wildman–Crippen LogP) is 1.55. The Balaban J connectivity index is 2.49. The quantitative estimate of drug-likeness (QED) is 0.319. The van der Waals surface area contributed by atoms with Crippen LogP contribution >= 0.6 is 12.2 Å². The first-order valence-electron chi connectivity index (χ1n) is 6.47. The molecule has 5 nitrogen and oxygen atoms in total. The van der Waals surface area contributed by atoms with Crippen LogP contribution in [0.1, 0.15) is 31.9 Å². The molecule has 0 aliphatic rings. The fraction of sp³-hybridized carbons (Fsp3) is 0.462. The Morgan fingerprint density at radius 2 is 2.26 bits per heavy atom. The number of unbranched alkanes of at least 4 members (excludes halogenated alkanes) is 2. The number of pyridine rings is 1. The number of guanidine groups is 1. The molecule has 0 saturated heterocycles. The molecule has 0 radical (unpaired) electrons. The van der Waals surface area contributed by atoms with Crippen LogP contribution in [0, 0.1) is 0 Å². The van der Waals surface area contributed by atoms with Gasteiger partial charge in [0, 0.05) is 12.7 Å². The molecule has 0 fully saturated rings. The zero-order valence-electron chi connectivity index (χ0n) is 11.2. The number of nitrogens with two attached hydrogens (primary N) is 1. The first-order chi connectivity index (χ1) is 9.22. The van der Waals surface area contributed by atoms with Crippen molar-refractivity contribution in [3.05, 3.63) is 30.1 Å². The molecule has 0 bridgehead atoms. The molecular weight excluding hydrogens is 258 g/mol. The summed E-state index contributed by atoms with van der Waals surface area (Å²) < 4.78 is 0. The highest BCUT2D eigenvalue weighted by Gasteiger charge is 1.99. The van der Waals surface area contributed by atoms with E-state index in [2.05, 4.69) is 27.5 Å². The van der Waals surface area contributed by atoms with Gasteiger partial charge in [0.05, 0.1) is 12.2 Å². The minimum absolute atomic E-state index is 0.211. The third-order valence-electron chi connectivity index (χ3n) is 2.44. The molecule has 19 heavy (non-hydrogen) atoms. The van der Waals surface area contributed by atoms with E-state index in [1.807, 2.05) is 18.2 Å². The molecule has 0 atom stereocenters. The molecule has 104 valence electrons.